The van der Waals surface area contributed by atoms with Gasteiger partial charge in [-0.1, -0.05) is 0 Å². The van der Waals surface area contributed by atoms with Crippen LogP contribution in [-0.4, -0.2) is 65.9 Å². The molecule has 18 heavy (non-hydrogen) atoms. The van der Waals surface area contributed by atoms with Crippen molar-refractivity contribution in [3.63, 3.8) is 0 Å². The van der Waals surface area contributed by atoms with E-state index in [1.807, 2.05) is 16.7 Å². The van der Waals surface area contributed by atoms with Gasteiger partial charge in [0.1, 0.15) is 0 Å². The molecule has 5 nitrogen and oxygen atoms in total. The summed E-state index contributed by atoms with van der Waals surface area (Å²) in [4.78, 5) is 29.3. The minimum atomic E-state index is 0.0366. The second kappa shape index (κ2) is 4.78. The number of urea groups is 1. The van der Waals surface area contributed by atoms with Crippen molar-refractivity contribution in [2.24, 2.45) is 0 Å². The number of hydrogen-bond donors (Lipinski definition) is 0. The van der Waals surface area contributed by atoms with Gasteiger partial charge >= 0.3 is 6.03 Å². The molecule has 0 bridgehead atoms. The number of nitrogens with zero attached hydrogens (tertiary/aromatic N) is 3. The second-order valence-electron chi connectivity index (χ2n) is 5.53. The Hall–Kier alpha value is -1.26. The van der Waals surface area contributed by atoms with Gasteiger partial charge in [-0.25, -0.2) is 4.79 Å². The normalized spacial score (nSPS) is 22.7. The molecule has 2 aliphatic heterocycles. The van der Waals surface area contributed by atoms with Crippen molar-refractivity contribution < 1.29 is 9.59 Å². The van der Waals surface area contributed by atoms with E-state index in [1.54, 1.807) is 19.0 Å². The Labute approximate surface area is 109 Å². The maximum Gasteiger partial charge on any atom is 0.319 e. The molecule has 0 aromatic carbocycles. The zero-order chi connectivity index (χ0) is 13.3. The van der Waals surface area contributed by atoms with E-state index in [2.05, 4.69) is 0 Å². The van der Waals surface area contributed by atoms with Crippen LogP contribution in [0.4, 0.5) is 4.79 Å². The number of amides is 3. The highest BCUT2D eigenvalue weighted by Gasteiger charge is 2.46. The Morgan fingerprint density at radius 1 is 1.28 bits per heavy atom. The molecular weight excluding hydrogens is 230 g/mol. The minimum Gasteiger partial charge on any atom is -0.337 e. The van der Waals surface area contributed by atoms with Gasteiger partial charge in [-0.2, -0.15) is 0 Å². The number of carbonyl (C=O) groups excluding carboxylic acids is 2. The highest BCUT2D eigenvalue weighted by atomic mass is 16.2. The van der Waals surface area contributed by atoms with E-state index < -0.39 is 0 Å². The van der Waals surface area contributed by atoms with Crippen LogP contribution in [0, 0.1) is 0 Å². The molecular formula is C13H23N3O2. The van der Waals surface area contributed by atoms with Crippen LogP contribution in [0.15, 0.2) is 0 Å². The molecule has 0 aromatic heterocycles. The smallest absolute Gasteiger partial charge is 0.319 e. The average molecular weight is 253 g/mol. The Balaban J connectivity index is 2.02. The Morgan fingerprint density at radius 3 is 2.39 bits per heavy atom. The number of hydrogen-bond acceptors (Lipinski definition) is 2. The van der Waals surface area contributed by atoms with E-state index in [4.69, 9.17) is 0 Å². The summed E-state index contributed by atoms with van der Waals surface area (Å²) in [5.41, 5.74) is 0.0366. The summed E-state index contributed by atoms with van der Waals surface area (Å²) in [5.74, 6) is 0.282. The average Bonchev–Trinajstić information content (AvgIpc) is 2.66. The van der Waals surface area contributed by atoms with Crippen LogP contribution in [0.3, 0.4) is 0 Å². The van der Waals surface area contributed by atoms with Gasteiger partial charge in [-0.15, -0.1) is 0 Å². The Kier molecular flexibility index (Phi) is 3.50. The van der Waals surface area contributed by atoms with E-state index in [9.17, 15) is 9.59 Å². The van der Waals surface area contributed by atoms with Crippen molar-refractivity contribution in [3.05, 3.63) is 0 Å². The fourth-order valence-electron chi connectivity index (χ4n) is 3.30. The van der Waals surface area contributed by atoms with Crippen molar-refractivity contribution >= 4 is 11.9 Å². The Bertz CT molecular complexity index is 346. The van der Waals surface area contributed by atoms with E-state index in [1.165, 1.54) is 0 Å². The maximum absolute atomic E-state index is 11.9. The van der Waals surface area contributed by atoms with Crippen molar-refractivity contribution in [2.45, 2.75) is 38.1 Å². The molecule has 3 amide bonds. The SMILES string of the molecule is CCN1C(=O)CCC12CCN(C(=O)N(C)C)CC2. The number of likely N-dealkylation sites (tertiary alicyclic amines) is 2. The zero-order valence-electron chi connectivity index (χ0n) is 11.6. The van der Waals surface area contributed by atoms with Crippen LogP contribution in [0.25, 0.3) is 0 Å². The molecule has 102 valence electrons. The van der Waals surface area contributed by atoms with E-state index in [0.717, 1.165) is 38.9 Å². The number of piperidine rings is 1. The lowest BCUT2D eigenvalue weighted by atomic mass is 9.85. The molecule has 0 radical (unpaired) electrons. The third kappa shape index (κ3) is 2.06. The van der Waals surface area contributed by atoms with Crippen LogP contribution in [0.1, 0.15) is 32.6 Å². The minimum absolute atomic E-state index is 0.0366. The fraction of sp³-hybridized carbons (Fsp3) is 0.846. The topological polar surface area (TPSA) is 43.9 Å². The predicted octanol–water partition coefficient (Wildman–Crippen LogP) is 1.14. The van der Waals surface area contributed by atoms with Crippen molar-refractivity contribution in [3.8, 4) is 0 Å². The molecule has 0 unspecified atom stereocenters. The summed E-state index contributed by atoms with van der Waals surface area (Å²) in [7, 11) is 3.56. The molecule has 2 saturated heterocycles. The first kappa shape index (κ1) is 13.2. The molecule has 2 fully saturated rings. The van der Waals surface area contributed by atoms with Gasteiger partial charge in [0.05, 0.1) is 0 Å². The van der Waals surface area contributed by atoms with Crippen LogP contribution in [0.5, 0.6) is 0 Å². The molecule has 0 aliphatic carbocycles. The van der Waals surface area contributed by atoms with Crippen LogP contribution < -0.4 is 0 Å². The molecule has 2 rings (SSSR count). The lowest BCUT2D eigenvalue weighted by Gasteiger charge is -2.45. The molecule has 0 aromatic rings. The number of carbonyl (C=O) groups is 2. The Morgan fingerprint density at radius 2 is 1.89 bits per heavy atom. The second-order valence-corrected chi connectivity index (χ2v) is 5.53. The van der Waals surface area contributed by atoms with Gasteiger partial charge in [-0.05, 0) is 26.2 Å². The summed E-state index contributed by atoms with van der Waals surface area (Å²) >= 11 is 0. The fourth-order valence-corrected chi connectivity index (χ4v) is 3.30. The summed E-state index contributed by atoms with van der Waals surface area (Å²) in [6.07, 6.45) is 3.48. The van der Waals surface area contributed by atoms with E-state index >= 15 is 0 Å². The van der Waals surface area contributed by atoms with Gasteiger partial charge in [0.15, 0.2) is 0 Å². The molecule has 0 saturated carbocycles. The molecule has 2 heterocycles. The largest absolute Gasteiger partial charge is 0.337 e. The number of rotatable bonds is 1. The van der Waals surface area contributed by atoms with Gasteiger partial charge in [-0.3, -0.25) is 4.79 Å². The van der Waals surface area contributed by atoms with E-state index in [-0.39, 0.29) is 17.5 Å². The van der Waals surface area contributed by atoms with Crippen LogP contribution in [-0.2, 0) is 4.79 Å². The van der Waals surface area contributed by atoms with Crippen molar-refractivity contribution in [1.29, 1.82) is 0 Å². The third-order valence-corrected chi connectivity index (χ3v) is 4.34. The van der Waals surface area contributed by atoms with E-state index in [0.29, 0.717) is 6.42 Å². The van der Waals surface area contributed by atoms with Crippen LogP contribution >= 0.6 is 0 Å². The van der Waals surface area contributed by atoms with Crippen molar-refractivity contribution in [1.82, 2.24) is 14.7 Å². The summed E-state index contributed by atoms with van der Waals surface area (Å²) in [6, 6.07) is 0.0808. The first-order chi connectivity index (χ1) is 8.50. The van der Waals surface area contributed by atoms with Crippen LogP contribution in [0.2, 0.25) is 0 Å². The standard InChI is InChI=1S/C13H23N3O2/c1-4-16-11(17)5-6-13(16)7-9-15(10-8-13)12(18)14(2)3/h4-10H2,1-3H3. The monoisotopic (exact) mass is 253 g/mol. The first-order valence-electron chi connectivity index (χ1n) is 6.77. The lowest BCUT2D eigenvalue weighted by Crippen LogP contribution is -2.55. The van der Waals surface area contributed by atoms with Gasteiger partial charge in [0, 0.05) is 45.7 Å². The molecule has 5 heteroatoms. The third-order valence-electron chi connectivity index (χ3n) is 4.34. The maximum atomic E-state index is 11.9. The summed E-state index contributed by atoms with van der Waals surface area (Å²) < 4.78 is 0. The molecule has 1 spiro atoms. The highest BCUT2D eigenvalue weighted by molar-refractivity contribution is 5.80. The predicted molar refractivity (Wildman–Crippen MR) is 69.2 cm³/mol. The molecule has 0 atom stereocenters. The summed E-state index contributed by atoms with van der Waals surface area (Å²) in [6.45, 7) is 4.37. The molecule has 0 N–H and O–H groups in total. The zero-order valence-corrected chi connectivity index (χ0v) is 11.6. The van der Waals surface area contributed by atoms with Crippen molar-refractivity contribution in [2.75, 3.05) is 33.7 Å². The van der Waals surface area contributed by atoms with Gasteiger partial charge < -0.3 is 14.7 Å². The quantitative estimate of drug-likeness (QED) is 0.703. The van der Waals surface area contributed by atoms with Gasteiger partial charge in [0.2, 0.25) is 5.91 Å². The molecule has 2 aliphatic rings. The van der Waals surface area contributed by atoms with Gasteiger partial charge in [0.25, 0.3) is 0 Å². The highest BCUT2D eigenvalue weighted by Crippen LogP contribution is 2.38. The summed E-state index contributed by atoms with van der Waals surface area (Å²) in [5, 5.41) is 0. The first-order valence-corrected chi connectivity index (χ1v) is 6.77. The lowest BCUT2D eigenvalue weighted by molar-refractivity contribution is -0.132.